The Hall–Kier alpha value is -2.47. The van der Waals surface area contributed by atoms with Crippen molar-refractivity contribution in [1.29, 1.82) is 10.5 Å². The highest BCUT2D eigenvalue weighted by atomic mass is 16.6. The maximum atomic E-state index is 11.8. The highest BCUT2D eigenvalue weighted by Gasteiger charge is 2.31. The van der Waals surface area contributed by atoms with Gasteiger partial charge in [0.2, 0.25) is 0 Å². The molecule has 0 aromatic carbocycles. The molecule has 0 spiro atoms. The Morgan fingerprint density at radius 2 is 1.83 bits per heavy atom. The second-order valence-corrected chi connectivity index (χ2v) is 6.95. The van der Waals surface area contributed by atoms with Crippen molar-refractivity contribution in [2.24, 2.45) is 5.41 Å². The van der Waals surface area contributed by atoms with Gasteiger partial charge in [0.05, 0.1) is 6.61 Å². The van der Waals surface area contributed by atoms with Gasteiger partial charge in [-0.2, -0.15) is 10.5 Å². The lowest BCUT2D eigenvalue weighted by molar-refractivity contribution is 0.0843. The van der Waals surface area contributed by atoms with Crippen LogP contribution in [0.25, 0.3) is 0 Å². The molecular weight excluding hydrogens is 304 g/mol. The van der Waals surface area contributed by atoms with Crippen molar-refractivity contribution in [3.05, 3.63) is 22.9 Å². The molecule has 24 heavy (non-hydrogen) atoms. The third-order valence-electron chi connectivity index (χ3n) is 4.43. The molecule has 2 aliphatic rings. The number of piperazine rings is 1. The van der Waals surface area contributed by atoms with Gasteiger partial charge in [-0.3, -0.25) is 0 Å². The molecule has 1 heterocycles. The molecule has 0 N–H and O–H groups in total. The first-order valence-electron chi connectivity index (χ1n) is 8.30. The summed E-state index contributed by atoms with van der Waals surface area (Å²) >= 11 is 0. The molecule has 1 fully saturated rings. The number of allylic oxidation sites excluding steroid dienone is 4. The fourth-order valence-electron chi connectivity index (χ4n) is 3.29. The van der Waals surface area contributed by atoms with Crippen LogP contribution in [0.15, 0.2) is 22.9 Å². The van der Waals surface area contributed by atoms with Gasteiger partial charge in [0, 0.05) is 31.9 Å². The molecule has 0 atom stereocenters. The molecule has 0 unspecified atom stereocenters. The van der Waals surface area contributed by atoms with Gasteiger partial charge < -0.3 is 14.5 Å². The van der Waals surface area contributed by atoms with E-state index in [1.807, 2.05) is 18.2 Å². The lowest BCUT2D eigenvalue weighted by atomic mass is 9.75. The summed E-state index contributed by atoms with van der Waals surface area (Å²) in [4.78, 5) is 15.8. The summed E-state index contributed by atoms with van der Waals surface area (Å²) in [6.45, 7) is 9.22. The number of hydrogen-bond donors (Lipinski definition) is 0. The van der Waals surface area contributed by atoms with Gasteiger partial charge in [-0.1, -0.05) is 13.8 Å². The van der Waals surface area contributed by atoms with Crippen LogP contribution in [0.3, 0.4) is 0 Å². The standard InChI is InChI=1S/C18H24N4O2/c1-4-24-17(23)22-7-5-21(6-8-22)16-9-14(15(12-19)13-20)10-18(2,3)11-16/h9H,4-8,10-11H2,1-3H3. The number of carbonyl (C=O) groups excluding carboxylic acids is 1. The molecular formula is C18H24N4O2. The molecule has 6 nitrogen and oxygen atoms in total. The van der Waals surface area contributed by atoms with Crippen molar-refractivity contribution >= 4 is 6.09 Å². The maximum absolute atomic E-state index is 11.8. The van der Waals surface area contributed by atoms with Crippen LogP contribution < -0.4 is 0 Å². The minimum absolute atomic E-state index is 0.0106. The number of nitrogens with zero attached hydrogens (tertiary/aromatic N) is 4. The van der Waals surface area contributed by atoms with Crippen LogP contribution in [-0.2, 0) is 4.74 Å². The normalized spacial score (nSPS) is 19.9. The Labute approximate surface area is 143 Å². The highest BCUT2D eigenvalue weighted by Crippen LogP contribution is 2.40. The van der Waals surface area contributed by atoms with Crippen LogP contribution >= 0.6 is 0 Å². The first-order chi connectivity index (χ1) is 11.4. The summed E-state index contributed by atoms with van der Waals surface area (Å²) in [5.74, 6) is 0. The monoisotopic (exact) mass is 328 g/mol. The van der Waals surface area contributed by atoms with Crippen molar-refractivity contribution in [3.63, 3.8) is 0 Å². The zero-order valence-corrected chi connectivity index (χ0v) is 14.6. The SMILES string of the molecule is CCOC(=O)N1CCN(C2=CC(=C(C#N)C#N)CC(C)(C)C2)CC1. The van der Waals surface area contributed by atoms with Gasteiger partial charge in [-0.25, -0.2) is 4.79 Å². The first kappa shape index (κ1) is 17.9. The van der Waals surface area contributed by atoms with Crippen molar-refractivity contribution in [2.75, 3.05) is 32.8 Å². The molecule has 1 amide bonds. The summed E-state index contributed by atoms with van der Waals surface area (Å²) in [7, 11) is 0. The van der Waals surface area contributed by atoms with E-state index in [2.05, 4.69) is 18.7 Å². The maximum Gasteiger partial charge on any atom is 0.409 e. The predicted octanol–water partition coefficient (Wildman–Crippen LogP) is 2.81. The average Bonchev–Trinajstić information content (AvgIpc) is 2.55. The fraction of sp³-hybridized carbons (Fsp3) is 0.611. The van der Waals surface area contributed by atoms with E-state index in [9.17, 15) is 4.79 Å². The predicted molar refractivity (Wildman–Crippen MR) is 89.5 cm³/mol. The molecule has 2 rings (SSSR count). The fourth-order valence-corrected chi connectivity index (χ4v) is 3.29. The molecule has 0 bridgehead atoms. The second kappa shape index (κ2) is 7.40. The van der Waals surface area contributed by atoms with Gasteiger partial charge in [-0.15, -0.1) is 0 Å². The zero-order chi connectivity index (χ0) is 17.7. The summed E-state index contributed by atoms with van der Waals surface area (Å²) in [6, 6.07) is 4.01. The third kappa shape index (κ3) is 4.08. The minimum atomic E-state index is -0.257. The summed E-state index contributed by atoms with van der Waals surface area (Å²) < 4.78 is 5.05. The highest BCUT2D eigenvalue weighted by molar-refractivity contribution is 5.67. The second-order valence-electron chi connectivity index (χ2n) is 6.95. The topological polar surface area (TPSA) is 80.4 Å². The van der Waals surface area contributed by atoms with Crippen LogP contribution in [0.5, 0.6) is 0 Å². The Balaban J connectivity index is 2.14. The smallest absolute Gasteiger partial charge is 0.409 e. The van der Waals surface area contributed by atoms with Crippen molar-refractivity contribution < 1.29 is 9.53 Å². The van der Waals surface area contributed by atoms with Gasteiger partial charge in [-0.05, 0) is 36.8 Å². The number of ether oxygens (including phenoxy) is 1. The van der Waals surface area contributed by atoms with Gasteiger partial charge in [0.15, 0.2) is 0 Å². The Bertz CT molecular complexity index is 625. The molecule has 1 aliphatic carbocycles. The van der Waals surface area contributed by atoms with Crippen molar-refractivity contribution in [3.8, 4) is 12.1 Å². The van der Waals surface area contributed by atoms with Crippen LogP contribution in [0.1, 0.15) is 33.6 Å². The Morgan fingerprint density at radius 3 is 2.38 bits per heavy atom. The zero-order valence-electron chi connectivity index (χ0n) is 14.6. The van der Waals surface area contributed by atoms with E-state index in [1.165, 1.54) is 0 Å². The molecule has 0 aromatic rings. The third-order valence-corrected chi connectivity index (χ3v) is 4.43. The summed E-state index contributed by atoms with van der Waals surface area (Å²) in [6.07, 6.45) is 3.37. The van der Waals surface area contributed by atoms with E-state index in [0.717, 1.165) is 37.2 Å². The summed E-state index contributed by atoms with van der Waals surface area (Å²) in [5.41, 5.74) is 2.17. The molecule has 6 heteroatoms. The van der Waals surface area contributed by atoms with Gasteiger partial charge >= 0.3 is 6.09 Å². The lowest BCUT2D eigenvalue weighted by Crippen LogP contribution is -2.49. The summed E-state index contributed by atoms with van der Waals surface area (Å²) in [5, 5.41) is 18.3. The van der Waals surface area contributed by atoms with E-state index in [0.29, 0.717) is 19.7 Å². The van der Waals surface area contributed by atoms with Crippen molar-refractivity contribution in [1.82, 2.24) is 9.80 Å². The molecule has 1 aliphatic heterocycles. The number of amides is 1. The Kier molecular flexibility index (Phi) is 5.51. The molecule has 0 radical (unpaired) electrons. The molecule has 0 aromatic heterocycles. The van der Waals surface area contributed by atoms with Crippen LogP contribution in [0.4, 0.5) is 4.79 Å². The van der Waals surface area contributed by atoms with E-state index >= 15 is 0 Å². The minimum Gasteiger partial charge on any atom is -0.450 e. The van der Waals surface area contributed by atoms with Gasteiger partial charge in [0.1, 0.15) is 17.7 Å². The van der Waals surface area contributed by atoms with E-state index in [4.69, 9.17) is 15.3 Å². The molecule has 1 saturated heterocycles. The number of rotatable bonds is 2. The molecule has 0 saturated carbocycles. The van der Waals surface area contributed by atoms with Gasteiger partial charge in [0.25, 0.3) is 0 Å². The number of carbonyl (C=O) groups is 1. The number of nitriles is 2. The van der Waals surface area contributed by atoms with E-state index in [1.54, 1.807) is 11.8 Å². The van der Waals surface area contributed by atoms with Crippen molar-refractivity contribution in [2.45, 2.75) is 33.6 Å². The number of hydrogen-bond acceptors (Lipinski definition) is 5. The molecule has 128 valence electrons. The lowest BCUT2D eigenvalue weighted by Gasteiger charge is -2.41. The average molecular weight is 328 g/mol. The van der Waals surface area contributed by atoms with E-state index < -0.39 is 0 Å². The Morgan fingerprint density at radius 1 is 1.21 bits per heavy atom. The first-order valence-corrected chi connectivity index (χ1v) is 8.30. The largest absolute Gasteiger partial charge is 0.450 e. The van der Waals surface area contributed by atoms with Crippen LogP contribution in [0.2, 0.25) is 0 Å². The van der Waals surface area contributed by atoms with Crippen LogP contribution in [0, 0.1) is 28.1 Å². The van der Waals surface area contributed by atoms with E-state index in [-0.39, 0.29) is 17.1 Å². The van der Waals surface area contributed by atoms with Crippen LogP contribution in [-0.4, -0.2) is 48.7 Å². The quantitative estimate of drug-likeness (QED) is 0.728.